The van der Waals surface area contributed by atoms with E-state index in [-0.39, 0.29) is 12.5 Å². The van der Waals surface area contributed by atoms with E-state index >= 15 is 0 Å². The molecule has 2 atom stereocenters. The van der Waals surface area contributed by atoms with Crippen LogP contribution >= 0.6 is 0 Å². The molecule has 1 amide bonds. The number of fused-ring (bicyclic) bond motifs is 2. The molecular weight excluding hydrogens is 228 g/mol. The molecule has 2 aliphatic heterocycles. The van der Waals surface area contributed by atoms with E-state index < -0.39 is 0 Å². The summed E-state index contributed by atoms with van der Waals surface area (Å²) in [4.78, 5) is 14.0. The molecule has 1 saturated carbocycles. The number of nitrogens with one attached hydrogen (secondary N) is 1. The predicted octanol–water partition coefficient (Wildman–Crippen LogP) is 1.30. The van der Waals surface area contributed by atoms with Gasteiger partial charge in [0, 0.05) is 24.7 Å². The van der Waals surface area contributed by atoms with Gasteiger partial charge in [0.2, 0.25) is 5.91 Å². The molecule has 2 heterocycles. The minimum atomic E-state index is 0.186. The first-order valence-electron chi connectivity index (χ1n) is 7.43. The van der Waals surface area contributed by atoms with Gasteiger partial charge in [-0.2, -0.15) is 0 Å². The highest BCUT2D eigenvalue weighted by Crippen LogP contribution is 2.29. The molecule has 1 aliphatic carbocycles. The number of hydrogen-bond donors (Lipinski definition) is 1. The van der Waals surface area contributed by atoms with E-state index in [0.717, 1.165) is 19.4 Å². The maximum absolute atomic E-state index is 12.1. The number of nitrogens with zero attached hydrogens (tertiary/aromatic N) is 1. The molecule has 0 aromatic rings. The van der Waals surface area contributed by atoms with Crippen molar-refractivity contribution >= 4 is 5.91 Å². The fraction of sp³-hybridized carbons (Fsp3) is 0.929. The Hall–Kier alpha value is -0.610. The highest BCUT2D eigenvalue weighted by molar-refractivity contribution is 5.78. The molecule has 2 bridgehead atoms. The number of piperidine rings is 1. The molecular formula is C14H24N2O2. The van der Waals surface area contributed by atoms with Gasteiger partial charge in [-0.3, -0.25) is 4.79 Å². The molecule has 0 radical (unpaired) electrons. The van der Waals surface area contributed by atoms with E-state index in [4.69, 9.17) is 4.74 Å². The number of amides is 1. The van der Waals surface area contributed by atoms with Crippen LogP contribution in [0.2, 0.25) is 0 Å². The normalized spacial score (nSPS) is 34.6. The lowest BCUT2D eigenvalue weighted by molar-refractivity contribution is -0.139. The van der Waals surface area contributed by atoms with Gasteiger partial charge in [-0.25, -0.2) is 0 Å². The van der Waals surface area contributed by atoms with Crippen LogP contribution in [0.5, 0.6) is 0 Å². The van der Waals surface area contributed by atoms with E-state index in [1.165, 1.54) is 25.7 Å². The molecule has 0 aromatic heterocycles. The standard InChI is InChI=1S/C14H24N2O2/c1-2-16(12-5-6-12)14(17)9-18-13-7-10-3-4-11(8-13)15-10/h10-13,15H,2-9H2,1H3. The number of rotatable bonds is 5. The van der Waals surface area contributed by atoms with Gasteiger partial charge in [0.05, 0.1) is 6.10 Å². The summed E-state index contributed by atoms with van der Waals surface area (Å²) in [5, 5.41) is 3.59. The number of carbonyl (C=O) groups is 1. The molecule has 2 unspecified atom stereocenters. The average molecular weight is 252 g/mol. The number of hydrogen-bond acceptors (Lipinski definition) is 3. The Labute approximate surface area is 109 Å². The van der Waals surface area contributed by atoms with Crippen LogP contribution in [0, 0.1) is 0 Å². The van der Waals surface area contributed by atoms with E-state index in [1.807, 2.05) is 4.90 Å². The Kier molecular flexibility index (Phi) is 3.57. The average Bonchev–Trinajstić information content (AvgIpc) is 3.14. The fourth-order valence-electron chi connectivity index (χ4n) is 3.44. The van der Waals surface area contributed by atoms with Crippen molar-refractivity contribution in [2.75, 3.05) is 13.2 Å². The minimum absolute atomic E-state index is 0.186. The van der Waals surface area contributed by atoms with Gasteiger partial charge in [0.25, 0.3) is 0 Å². The summed E-state index contributed by atoms with van der Waals surface area (Å²) in [7, 11) is 0. The molecule has 2 saturated heterocycles. The monoisotopic (exact) mass is 252 g/mol. The Balaban J connectivity index is 1.44. The third kappa shape index (κ3) is 2.69. The summed E-state index contributed by atoms with van der Waals surface area (Å²) in [5.74, 6) is 0.186. The highest BCUT2D eigenvalue weighted by atomic mass is 16.5. The van der Waals surface area contributed by atoms with Crippen molar-refractivity contribution in [1.29, 1.82) is 0 Å². The molecule has 102 valence electrons. The van der Waals surface area contributed by atoms with Crippen molar-refractivity contribution in [2.45, 2.75) is 69.7 Å². The molecule has 3 fully saturated rings. The second kappa shape index (κ2) is 5.17. The van der Waals surface area contributed by atoms with Crippen molar-refractivity contribution in [3.63, 3.8) is 0 Å². The van der Waals surface area contributed by atoms with Gasteiger partial charge in [0.1, 0.15) is 6.61 Å². The van der Waals surface area contributed by atoms with Crippen molar-refractivity contribution < 1.29 is 9.53 Å². The third-order valence-corrected chi connectivity index (χ3v) is 4.52. The number of likely N-dealkylation sites (N-methyl/N-ethyl adjacent to an activating group) is 1. The Morgan fingerprint density at radius 2 is 1.89 bits per heavy atom. The van der Waals surface area contributed by atoms with Gasteiger partial charge in [-0.1, -0.05) is 0 Å². The third-order valence-electron chi connectivity index (χ3n) is 4.52. The zero-order chi connectivity index (χ0) is 12.5. The molecule has 0 spiro atoms. The first-order valence-corrected chi connectivity index (χ1v) is 7.43. The molecule has 0 aromatic carbocycles. The summed E-state index contributed by atoms with van der Waals surface area (Å²) in [6.45, 7) is 3.17. The van der Waals surface area contributed by atoms with Gasteiger partial charge < -0.3 is 15.0 Å². The summed E-state index contributed by atoms with van der Waals surface area (Å²) < 4.78 is 5.86. The molecule has 1 N–H and O–H groups in total. The predicted molar refractivity (Wildman–Crippen MR) is 69.3 cm³/mol. The van der Waals surface area contributed by atoms with Gasteiger partial charge in [0.15, 0.2) is 0 Å². The molecule has 4 nitrogen and oxygen atoms in total. The maximum atomic E-state index is 12.1. The lowest BCUT2D eigenvalue weighted by Gasteiger charge is -2.29. The molecule has 4 heteroatoms. The van der Waals surface area contributed by atoms with Crippen LogP contribution in [0.25, 0.3) is 0 Å². The Morgan fingerprint density at radius 3 is 2.44 bits per heavy atom. The first-order chi connectivity index (χ1) is 8.76. The highest BCUT2D eigenvalue weighted by Gasteiger charge is 2.35. The first kappa shape index (κ1) is 12.4. The van der Waals surface area contributed by atoms with Crippen LogP contribution in [0.1, 0.15) is 45.4 Å². The summed E-state index contributed by atoms with van der Waals surface area (Å²) in [6.07, 6.45) is 7.38. The second-order valence-corrected chi connectivity index (χ2v) is 5.95. The van der Waals surface area contributed by atoms with Gasteiger partial charge in [-0.05, 0) is 45.4 Å². The number of ether oxygens (including phenoxy) is 1. The summed E-state index contributed by atoms with van der Waals surface area (Å²) >= 11 is 0. The SMILES string of the molecule is CCN(C(=O)COC1CC2CCC(C1)N2)C1CC1. The van der Waals surface area contributed by atoms with Crippen LogP contribution in [0.3, 0.4) is 0 Å². The maximum Gasteiger partial charge on any atom is 0.248 e. The lowest BCUT2D eigenvalue weighted by atomic mass is 10.0. The van der Waals surface area contributed by atoms with E-state index in [0.29, 0.717) is 24.2 Å². The Morgan fingerprint density at radius 1 is 1.22 bits per heavy atom. The fourth-order valence-corrected chi connectivity index (χ4v) is 3.44. The van der Waals surface area contributed by atoms with Gasteiger partial charge in [-0.15, -0.1) is 0 Å². The smallest absolute Gasteiger partial charge is 0.248 e. The van der Waals surface area contributed by atoms with Gasteiger partial charge >= 0.3 is 0 Å². The van der Waals surface area contributed by atoms with E-state index in [2.05, 4.69) is 12.2 Å². The van der Waals surface area contributed by atoms with Crippen LogP contribution in [-0.4, -0.2) is 48.2 Å². The van der Waals surface area contributed by atoms with Crippen molar-refractivity contribution in [2.24, 2.45) is 0 Å². The topological polar surface area (TPSA) is 41.6 Å². The zero-order valence-electron chi connectivity index (χ0n) is 11.2. The number of carbonyl (C=O) groups excluding carboxylic acids is 1. The second-order valence-electron chi connectivity index (χ2n) is 5.95. The molecule has 18 heavy (non-hydrogen) atoms. The Bertz CT molecular complexity index is 305. The summed E-state index contributed by atoms with van der Waals surface area (Å²) in [5.41, 5.74) is 0. The quantitative estimate of drug-likeness (QED) is 0.802. The minimum Gasteiger partial charge on any atom is -0.368 e. The zero-order valence-corrected chi connectivity index (χ0v) is 11.2. The molecule has 3 rings (SSSR count). The lowest BCUT2D eigenvalue weighted by Crippen LogP contribution is -2.43. The van der Waals surface area contributed by atoms with Crippen molar-refractivity contribution in [3.05, 3.63) is 0 Å². The van der Waals surface area contributed by atoms with Crippen LogP contribution in [0.15, 0.2) is 0 Å². The van der Waals surface area contributed by atoms with Crippen LogP contribution in [0.4, 0.5) is 0 Å². The van der Waals surface area contributed by atoms with Crippen molar-refractivity contribution in [1.82, 2.24) is 10.2 Å². The van der Waals surface area contributed by atoms with Crippen LogP contribution < -0.4 is 5.32 Å². The largest absolute Gasteiger partial charge is 0.368 e. The van der Waals surface area contributed by atoms with Crippen molar-refractivity contribution in [3.8, 4) is 0 Å². The van der Waals surface area contributed by atoms with E-state index in [9.17, 15) is 4.79 Å². The van der Waals surface area contributed by atoms with E-state index in [1.54, 1.807) is 0 Å². The molecule has 3 aliphatic rings. The van der Waals surface area contributed by atoms with Crippen LogP contribution in [-0.2, 0) is 9.53 Å². The summed E-state index contributed by atoms with van der Waals surface area (Å²) in [6, 6.07) is 1.78.